The maximum atomic E-state index is 11.7. The Morgan fingerprint density at radius 3 is 2.78 bits per heavy atom. The van der Waals surface area contributed by atoms with Gasteiger partial charge in [-0.25, -0.2) is 0 Å². The number of hydrogen-bond donors (Lipinski definition) is 2. The highest BCUT2D eigenvalue weighted by Crippen LogP contribution is 2.25. The SMILES string of the molecule is CNCCC(=O)NC(C)c1cc(C)ccc1OC. The van der Waals surface area contributed by atoms with Crippen molar-refractivity contribution in [2.24, 2.45) is 0 Å². The number of hydrogen-bond acceptors (Lipinski definition) is 3. The Labute approximate surface area is 109 Å². The molecule has 1 rings (SSSR count). The van der Waals surface area contributed by atoms with E-state index < -0.39 is 0 Å². The van der Waals surface area contributed by atoms with Gasteiger partial charge < -0.3 is 15.4 Å². The van der Waals surface area contributed by atoms with Crippen LogP contribution in [-0.4, -0.2) is 26.6 Å². The van der Waals surface area contributed by atoms with E-state index in [4.69, 9.17) is 4.74 Å². The Morgan fingerprint density at radius 1 is 1.44 bits per heavy atom. The molecule has 4 heteroatoms. The quantitative estimate of drug-likeness (QED) is 0.809. The van der Waals surface area contributed by atoms with E-state index in [1.807, 2.05) is 39.1 Å². The molecular formula is C14H22N2O2. The Kier molecular flexibility index (Phi) is 5.65. The molecule has 0 bridgehead atoms. The topological polar surface area (TPSA) is 50.4 Å². The Hall–Kier alpha value is -1.55. The molecule has 0 heterocycles. The molecule has 4 nitrogen and oxygen atoms in total. The molecule has 0 saturated carbocycles. The number of benzene rings is 1. The summed E-state index contributed by atoms with van der Waals surface area (Å²) in [6.07, 6.45) is 0.481. The number of ether oxygens (including phenoxy) is 1. The van der Waals surface area contributed by atoms with Crippen LogP contribution in [0.5, 0.6) is 5.75 Å². The molecule has 1 aromatic carbocycles. The van der Waals surface area contributed by atoms with Crippen molar-refractivity contribution < 1.29 is 9.53 Å². The first-order valence-electron chi connectivity index (χ1n) is 6.17. The molecule has 0 aliphatic heterocycles. The highest BCUT2D eigenvalue weighted by atomic mass is 16.5. The first kappa shape index (κ1) is 14.5. The molecule has 0 aromatic heterocycles. The normalized spacial score (nSPS) is 12.0. The molecular weight excluding hydrogens is 228 g/mol. The maximum Gasteiger partial charge on any atom is 0.221 e. The van der Waals surface area contributed by atoms with Crippen LogP contribution in [0.4, 0.5) is 0 Å². The molecule has 100 valence electrons. The van der Waals surface area contributed by atoms with E-state index >= 15 is 0 Å². The van der Waals surface area contributed by atoms with Gasteiger partial charge in [-0.3, -0.25) is 4.79 Å². The van der Waals surface area contributed by atoms with Gasteiger partial charge in [-0.2, -0.15) is 0 Å². The van der Waals surface area contributed by atoms with Gasteiger partial charge in [0.05, 0.1) is 13.2 Å². The molecule has 1 amide bonds. The van der Waals surface area contributed by atoms with Crippen LogP contribution in [0.25, 0.3) is 0 Å². The van der Waals surface area contributed by atoms with Gasteiger partial charge >= 0.3 is 0 Å². The number of methoxy groups -OCH3 is 1. The lowest BCUT2D eigenvalue weighted by Crippen LogP contribution is -2.29. The molecule has 18 heavy (non-hydrogen) atoms. The van der Waals surface area contributed by atoms with Crippen molar-refractivity contribution >= 4 is 5.91 Å². The van der Waals surface area contributed by atoms with Crippen molar-refractivity contribution in [3.8, 4) is 5.75 Å². The summed E-state index contributed by atoms with van der Waals surface area (Å²) in [5.74, 6) is 0.849. The Balaban J connectivity index is 2.73. The van der Waals surface area contributed by atoms with Crippen molar-refractivity contribution in [2.75, 3.05) is 20.7 Å². The van der Waals surface area contributed by atoms with Gasteiger partial charge in [0.1, 0.15) is 5.75 Å². The van der Waals surface area contributed by atoms with Crippen molar-refractivity contribution in [3.05, 3.63) is 29.3 Å². The van der Waals surface area contributed by atoms with Crippen LogP contribution in [0.2, 0.25) is 0 Å². The molecule has 1 atom stereocenters. The number of carbonyl (C=O) groups is 1. The van der Waals surface area contributed by atoms with Crippen molar-refractivity contribution in [2.45, 2.75) is 26.3 Å². The third-order valence-electron chi connectivity index (χ3n) is 2.83. The summed E-state index contributed by atoms with van der Waals surface area (Å²) >= 11 is 0. The summed E-state index contributed by atoms with van der Waals surface area (Å²) in [5.41, 5.74) is 2.16. The third-order valence-corrected chi connectivity index (χ3v) is 2.83. The smallest absolute Gasteiger partial charge is 0.221 e. The number of nitrogens with one attached hydrogen (secondary N) is 2. The fourth-order valence-corrected chi connectivity index (χ4v) is 1.82. The largest absolute Gasteiger partial charge is 0.496 e. The van der Waals surface area contributed by atoms with Crippen LogP contribution in [0.15, 0.2) is 18.2 Å². The highest BCUT2D eigenvalue weighted by Gasteiger charge is 2.13. The van der Waals surface area contributed by atoms with E-state index in [1.165, 1.54) is 0 Å². The van der Waals surface area contributed by atoms with E-state index in [-0.39, 0.29) is 11.9 Å². The minimum absolute atomic E-state index is 0.0420. The van der Waals surface area contributed by atoms with Gasteiger partial charge in [0, 0.05) is 18.5 Å². The zero-order chi connectivity index (χ0) is 13.5. The Bertz CT molecular complexity index is 405. The summed E-state index contributed by atoms with van der Waals surface area (Å²) in [5, 5.41) is 5.93. The van der Waals surface area contributed by atoms with E-state index in [1.54, 1.807) is 7.11 Å². The molecule has 0 radical (unpaired) electrons. The zero-order valence-electron chi connectivity index (χ0n) is 11.5. The standard InChI is InChI=1S/C14H22N2O2/c1-10-5-6-13(18-4)12(9-10)11(2)16-14(17)7-8-15-3/h5-6,9,11,15H,7-8H2,1-4H3,(H,16,17). The third kappa shape index (κ3) is 4.04. The number of rotatable bonds is 6. The fraction of sp³-hybridized carbons (Fsp3) is 0.500. The average Bonchev–Trinajstić information content (AvgIpc) is 2.36. The second kappa shape index (κ2) is 7.01. The average molecular weight is 250 g/mol. The van der Waals surface area contributed by atoms with Crippen LogP contribution >= 0.6 is 0 Å². The summed E-state index contributed by atoms with van der Waals surface area (Å²) in [6.45, 7) is 4.68. The van der Waals surface area contributed by atoms with Gasteiger partial charge in [-0.1, -0.05) is 17.7 Å². The number of aryl methyl sites for hydroxylation is 1. The first-order valence-corrected chi connectivity index (χ1v) is 6.17. The highest BCUT2D eigenvalue weighted by molar-refractivity contribution is 5.76. The Morgan fingerprint density at radius 2 is 2.17 bits per heavy atom. The summed E-state index contributed by atoms with van der Waals surface area (Å²) in [4.78, 5) is 11.7. The van der Waals surface area contributed by atoms with Crippen LogP contribution in [0, 0.1) is 6.92 Å². The maximum absolute atomic E-state index is 11.7. The van der Waals surface area contributed by atoms with Gasteiger partial charge in [0.25, 0.3) is 0 Å². The van der Waals surface area contributed by atoms with E-state index in [0.717, 1.165) is 16.9 Å². The molecule has 0 aliphatic rings. The van der Waals surface area contributed by atoms with Crippen molar-refractivity contribution in [1.29, 1.82) is 0 Å². The molecule has 0 aliphatic carbocycles. The van der Waals surface area contributed by atoms with Gasteiger partial charge in [0.15, 0.2) is 0 Å². The van der Waals surface area contributed by atoms with E-state index in [9.17, 15) is 4.79 Å². The molecule has 1 aromatic rings. The molecule has 0 fully saturated rings. The second-order valence-corrected chi connectivity index (χ2v) is 4.39. The zero-order valence-corrected chi connectivity index (χ0v) is 11.5. The number of amides is 1. The van der Waals surface area contributed by atoms with Gasteiger partial charge in [-0.05, 0) is 27.0 Å². The van der Waals surface area contributed by atoms with Crippen LogP contribution in [0.1, 0.15) is 30.5 Å². The molecule has 0 spiro atoms. The minimum atomic E-state index is -0.0517. The van der Waals surface area contributed by atoms with Crippen LogP contribution < -0.4 is 15.4 Å². The lowest BCUT2D eigenvalue weighted by molar-refractivity contribution is -0.121. The predicted octanol–water partition coefficient (Wildman–Crippen LogP) is 1.79. The van der Waals surface area contributed by atoms with Crippen LogP contribution in [-0.2, 0) is 4.79 Å². The molecule has 2 N–H and O–H groups in total. The summed E-state index contributed by atoms with van der Waals surface area (Å²) in [6, 6.07) is 5.92. The van der Waals surface area contributed by atoms with E-state index in [0.29, 0.717) is 13.0 Å². The van der Waals surface area contributed by atoms with Crippen molar-refractivity contribution in [3.63, 3.8) is 0 Å². The van der Waals surface area contributed by atoms with Gasteiger partial charge in [-0.15, -0.1) is 0 Å². The summed E-state index contributed by atoms with van der Waals surface area (Å²) in [7, 11) is 3.48. The van der Waals surface area contributed by atoms with Crippen molar-refractivity contribution in [1.82, 2.24) is 10.6 Å². The minimum Gasteiger partial charge on any atom is -0.496 e. The van der Waals surface area contributed by atoms with E-state index in [2.05, 4.69) is 10.6 Å². The fourth-order valence-electron chi connectivity index (χ4n) is 1.82. The first-order chi connectivity index (χ1) is 8.58. The lowest BCUT2D eigenvalue weighted by atomic mass is 10.0. The monoisotopic (exact) mass is 250 g/mol. The van der Waals surface area contributed by atoms with Gasteiger partial charge in [0.2, 0.25) is 5.91 Å². The lowest BCUT2D eigenvalue weighted by Gasteiger charge is -2.18. The van der Waals surface area contributed by atoms with Crippen LogP contribution in [0.3, 0.4) is 0 Å². The predicted molar refractivity (Wildman–Crippen MR) is 72.8 cm³/mol. The molecule has 0 saturated heterocycles. The summed E-state index contributed by atoms with van der Waals surface area (Å²) < 4.78 is 5.32. The number of carbonyl (C=O) groups excluding carboxylic acids is 1. The molecule has 1 unspecified atom stereocenters. The second-order valence-electron chi connectivity index (χ2n) is 4.39.